The van der Waals surface area contributed by atoms with Gasteiger partial charge in [-0.15, -0.1) is 12.4 Å². The fourth-order valence-corrected chi connectivity index (χ4v) is 3.10. The van der Waals surface area contributed by atoms with Crippen LogP contribution in [0.25, 0.3) is 0 Å². The van der Waals surface area contributed by atoms with Crippen molar-refractivity contribution in [3.8, 4) is 0 Å². The number of carbonyl (C=O) groups excluding carboxylic acids is 1. The lowest BCUT2D eigenvalue weighted by atomic mass is 9.82. The van der Waals surface area contributed by atoms with E-state index in [1.807, 2.05) is 18.2 Å². The lowest BCUT2D eigenvalue weighted by Gasteiger charge is -2.26. The van der Waals surface area contributed by atoms with Crippen molar-refractivity contribution in [1.82, 2.24) is 5.32 Å². The third-order valence-corrected chi connectivity index (χ3v) is 4.01. The maximum Gasteiger partial charge on any atom is 0.166 e. The topological polar surface area (TPSA) is 29.1 Å². The van der Waals surface area contributed by atoms with Crippen LogP contribution in [0.2, 0.25) is 0 Å². The number of fused-ring (bicyclic) bond motifs is 1. The van der Waals surface area contributed by atoms with Crippen LogP contribution < -0.4 is 5.32 Å². The summed E-state index contributed by atoms with van der Waals surface area (Å²) in [6.07, 6.45) is 3.29. The molecule has 0 amide bonds. The number of benzene rings is 1. The molecule has 17 heavy (non-hydrogen) atoms. The van der Waals surface area contributed by atoms with E-state index in [1.54, 1.807) is 0 Å². The number of Topliss-reactive ketones (excluding diaryl/α,β-unsaturated/α-hetero) is 1. The smallest absolute Gasteiger partial charge is 0.166 e. The quantitative estimate of drug-likeness (QED) is 0.831. The van der Waals surface area contributed by atoms with Crippen LogP contribution in [0.1, 0.15) is 28.8 Å². The van der Waals surface area contributed by atoms with Gasteiger partial charge in [0.15, 0.2) is 5.78 Å². The van der Waals surface area contributed by atoms with Gasteiger partial charge in [0.05, 0.1) is 0 Å². The summed E-state index contributed by atoms with van der Waals surface area (Å²) in [5.41, 5.74) is 2.24. The Labute approximate surface area is 108 Å². The molecule has 3 heteroatoms. The van der Waals surface area contributed by atoms with Crippen LogP contribution in [0, 0.1) is 11.8 Å². The van der Waals surface area contributed by atoms with Crippen LogP contribution in [0.5, 0.6) is 0 Å². The molecule has 1 N–H and O–H groups in total. The summed E-state index contributed by atoms with van der Waals surface area (Å²) in [6, 6.07) is 8.10. The van der Waals surface area contributed by atoms with Crippen LogP contribution in [0.15, 0.2) is 24.3 Å². The molecule has 3 rings (SSSR count). The normalized spacial score (nSPS) is 24.2. The van der Waals surface area contributed by atoms with E-state index < -0.39 is 0 Å². The summed E-state index contributed by atoms with van der Waals surface area (Å²) in [5.74, 6) is 1.25. The zero-order chi connectivity index (χ0) is 11.0. The first kappa shape index (κ1) is 12.6. The molecule has 2 nitrogen and oxygen atoms in total. The summed E-state index contributed by atoms with van der Waals surface area (Å²) >= 11 is 0. The van der Waals surface area contributed by atoms with E-state index in [-0.39, 0.29) is 18.3 Å². The van der Waals surface area contributed by atoms with Crippen molar-refractivity contribution in [2.75, 3.05) is 13.1 Å². The molecule has 1 aliphatic heterocycles. The van der Waals surface area contributed by atoms with Gasteiger partial charge in [0, 0.05) is 11.5 Å². The van der Waals surface area contributed by atoms with Gasteiger partial charge in [-0.25, -0.2) is 0 Å². The van der Waals surface area contributed by atoms with Gasteiger partial charge >= 0.3 is 0 Å². The summed E-state index contributed by atoms with van der Waals surface area (Å²) in [4.78, 5) is 12.3. The SMILES string of the molecule is Cl.O=C1c2ccccc2CC1C1CCNCC1. The number of rotatable bonds is 1. The second-order valence-corrected chi connectivity index (χ2v) is 4.92. The van der Waals surface area contributed by atoms with Crippen molar-refractivity contribution in [2.45, 2.75) is 19.3 Å². The number of hydrogen-bond acceptors (Lipinski definition) is 2. The number of piperidine rings is 1. The number of carbonyl (C=O) groups is 1. The Morgan fingerprint density at radius 2 is 1.82 bits per heavy atom. The third-order valence-electron chi connectivity index (χ3n) is 4.01. The van der Waals surface area contributed by atoms with Gasteiger partial charge in [0.2, 0.25) is 0 Å². The van der Waals surface area contributed by atoms with E-state index in [9.17, 15) is 4.79 Å². The Kier molecular flexibility index (Phi) is 3.85. The first-order valence-corrected chi connectivity index (χ1v) is 6.19. The largest absolute Gasteiger partial charge is 0.317 e. The van der Waals surface area contributed by atoms with E-state index >= 15 is 0 Å². The predicted octanol–water partition coefficient (Wildman–Crippen LogP) is 2.46. The summed E-state index contributed by atoms with van der Waals surface area (Å²) in [6.45, 7) is 2.15. The minimum Gasteiger partial charge on any atom is -0.317 e. The van der Waals surface area contributed by atoms with Gasteiger partial charge in [-0.2, -0.15) is 0 Å². The molecule has 1 heterocycles. The molecule has 1 atom stereocenters. The molecule has 0 saturated carbocycles. The summed E-state index contributed by atoms with van der Waals surface area (Å²) < 4.78 is 0. The highest BCUT2D eigenvalue weighted by atomic mass is 35.5. The average molecular weight is 252 g/mol. The van der Waals surface area contributed by atoms with Gasteiger partial charge in [0.25, 0.3) is 0 Å². The molecule has 0 radical (unpaired) electrons. The maximum atomic E-state index is 12.3. The van der Waals surface area contributed by atoms with Gasteiger partial charge in [-0.3, -0.25) is 4.79 Å². The molecule has 1 aliphatic carbocycles. The fraction of sp³-hybridized carbons (Fsp3) is 0.500. The van der Waals surface area contributed by atoms with E-state index in [4.69, 9.17) is 0 Å². The molecule has 1 aromatic rings. The zero-order valence-corrected chi connectivity index (χ0v) is 10.6. The molecular formula is C14H18ClNO. The molecule has 1 aromatic carbocycles. The van der Waals surface area contributed by atoms with Crippen molar-refractivity contribution in [3.63, 3.8) is 0 Å². The number of ketones is 1. The average Bonchev–Trinajstić information content (AvgIpc) is 2.69. The Morgan fingerprint density at radius 1 is 1.12 bits per heavy atom. The molecule has 0 spiro atoms. The monoisotopic (exact) mass is 251 g/mol. The van der Waals surface area contributed by atoms with E-state index in [0.29, 0.717) is 11.7 Å². The van der Waals surface area contributed by atoms with Crippen molar-refractivity contribution < 1.29 is 4.79 Å². The minimum atomic E-state index is 0. The number of halogens is 1. The van der Waals surface area contributed by atoms with Crippen LogP contribution in [0.3, 0.4) is 0 Å². The first-order chi connectivity index (χ1) is 7.86. The van der Waals surface area contributed by atoms with Crippen molar-refractivity contribution in [2.24, 2.45) is 11.8 Å². The van der Waals surface area contributed by atoms with Crippen LogP contribution in [-0.2, 0) is 6.42 Å². The molecule has 1 unspecified atom stereocenters. The fourth-order valence-electron chi connectivity index (χ4n) is 3.10. The molecular weight excluding hydrogens is 234 g/mol. The van der Waals surface area contributed by atoms with Gasteiger partial charge in [-0.1, -0.05) is 24.3 Å². The highest BCUT2D eigenvalue weighted by Gasteiger charge is 2.36. The number of nitrogens with one attached hydrogen (secondary N) is 1. The van der Waals surface area contributed by atoms with Crippen molar-refractivity contribution >= 4 is 18.2 Å². The first-order valence-electron chi connectivity index (χ1n) is 6.19. The van der Waals surface area contributed by atoms with Crippen molar-refractivity contribution in [1.29, 1.82) is 0 Å². The Bertz CT molecular complexity index is 412. The zero-order valence-electron chi connectivity index (χ0n) is 9.82. The second-order valence-electron chi connectivity index (χ2n) is 4.92. The van der Waals surface area contributed by atoms with Crippen LogP contribution in [-0.4, -0.2) is 18.9 Å². The lowest BCUT2D eigenvalue weighted by molar-refractivity contribution is 0.0874. The van der Waals surface area contributed by atoms with Crippen molar-refractivity contribution in [3.05, 3.63) is 35.4 Å². The molecule has 0 aromatic heterocycles. The molecule has 1 fully saturated rings. The Balaban J connectivity index is 0.00000108. The molecule has 0 bridgehead atoms. The van der Waals surface area contributed by atoms with E-state index in [1.165, 1.54) is 5.56 Å². The van der Waals surface area contributed by atoms with Gasteiger partial charge in [0.1, 0.15) is 0 Å². The number of hydrogen-bond donors (Lipinski definition) is 1. The lowest BCUT2D eigenvalue weighted by Crippen LogP contribution is -2.33. The Morgan fingerprint density at radius 3 is 2.53 bits per heavy atom. The maximum absolute atomic E-state index is 12.3. The molecule has 1 saturated heterocycles. The van der Waals surface area contributed by atoms with Crippen LogP contribution in [0.4, 0.5) is 0 Å². The van der Waals surface area contributed by atoms with E-state index in [2.05, 4.69) is 11.4 Å². The molecule has 2 aliphatic rings. The van der Waals surface area contributed by atoms with Gasteiger partial charge < -0.3 is 5.32 Å². The third kappa shape index (κ3) is 2.24. The summed E-state index contributed by atoms with van der Waals surface area (Å²) in [5, 5.41) is 3.36. The minimum absolute atomic E-state index is 0. The van der Waals surface area contributed by atoms with Gasteiger partial charge in [-0.05, 0) is 43.8 Å². The summed E-state index contributed by atoms with van der Waals surface area (Å²) in [7, 11) is 0. The van der Waals surface area contributed by atoms with E-state index in [0.717, 1.165) is 37.9 Å². The Hall–Kier alpha value is -0.860. The predicted molar refractivity (Wildman–Crippen MR) is 70.8 cm³/mol. The van der Waals surface area contributed by atoms with Crippen LogP contribution >= 0.6 is 12.4 Å². The molecule has 92 valence electrons. The highest BCUT2D eigenvalue weighted by molar-refractivity contribution is 6.02. The second kappa shape index (κ2) is 5.19. The standard InChI is InChI=1S/C14H17NO.ClH/c16-14-12-4-2-1-3-11(12)9-13(14)10-5-7-15-8-6-10;/h1-4,10,13,15H,5-9H2;1H. The highest BCUT2D eigenvalue weighted by Crippen LogP contribution is 2.35.